The van der Waals surface area contributed by atoms with Crippen LogP contribution in [0, 0.1) is 5.41 Å². The molecule has 1 aromatic carbocycles. The molecule has 1 aromatic rings. The lowest BCUT2D eigenvalue weighted by Gasteiger charge is -2.30. The molecule has 1 N–H and O–H groups in total. The van der Waals surface area contributed by atoms with Gasteiger partial charge in [0.15, 0.2) is 18.1 Å². The van der Waals surface area contributed by atoms with Crippen molar-refractivity contribution in [2.75, 3.05) is 20.3 Å². The van der Waals surface area contributed by atoms with Gasteiger partial charge in [0.2, 0.25) is 0 Å². The molecule has 1 aliphatic rings. The highest BCUT2D eigenvalue weighted by Crippen LogP contribution is 2.49. The molecule has 0 saturated heterocycles. The van der Waals surface area contributed by atoms with Crippen LogP contribution >= 0.6 is 0 Å². The van der Waals surface area contributed by atoms with Gasteiger partial charge < -0.3 is 19.5 Å². The lowest BCUT2D eigenvalue weighted by Crippen LogP contribution is -2.40. The van der Waals surface area contributed by atoms with Gasteiger partial charge in [0, 0.05) is 18.7 Å². The zero-order valence-corrected chi connectivity index (χ0v) is 14.7. The highest BCUT2D eigenvalue weighted by molar-refractivity contribution is 5.95. The summed E-state index contributed by atoms with van der Waals surface area (Å²) < 4.78 is 10.7. The predicted octanol–water partition coefficient (Wildman–Crippen LogP) is 2.81. The summed E-state index contributed by atoms with van der Waals surface area (Å²) in [5.74, 6) is -0.450. The van der Waals surface area contributed by atoms with Crippen molar-refractivity contribution in [2.24, 2.45) is 5.41 Å². The summed E-state index contributed by atoms with van der Waals surface area (Å²) >= 11 is 0. The van der Waals surface area contributed by atoms with E-state index >= 15 is 0 Å². The average molecular weight is 335 g/mol. The Morgan fingerprint density at radius 2 is 1.96 bits per heavy atom. The van der Waals surface area contributed by atoms with E-state index in [1.54, 1.807) is 23.1 Å². The van der Waals surface area contributed by atoms with Crippen LogP contribution in [0.25, 0.3) is 0 Å². The molecule has 6 nitrogen and oxygen atoms in total. The lowest BCUT2D eigenvalue weighted by molar-refractivity contribution is -0.139. The second kappa shape index (κ2) is 7.11. The van der Waals surface area contributed by atoms with Gasteiger partial charge in [-0.3, -0.25) is 4.79 Å². The maximum absolute atomic E-state index is 12.7. The molecular weight excluding hydrogens is 310 g/mol. The van der Waals surface area contributed by atoms with Crippen molar-refractivity contribution in [3.63, 3.8) is 0 Å². The summed E-state index contributed by atoms with van der Waals surface area (Å²) in [5.41, 5.74) is 0.706. The molecule has 132 valence electrons. The third kappa shape index (κ3) is 3.99. The fourth-order valence-corrected chi connectivity index (χ4v) is 2.63. The van der Waals surface area contributed by atoms with Crippen molar-refractivity contribution in [1.29, 1.82) is 0 Å². The summed E-state index contributed by atoms with van der Waals surface area (Å²) in [6.07, 6.45) is 2.27. The van der Waals surface area contributed by atoms with Crippen LogP contribution < -0.4 is 9.47 Å². The standard InChI is InChI=1S/C18H25NO5/c1-5-23-15-10-13(6-7-14(15)24-11-16(20)21)17(22)19(4)12(2)18(3)8-9-18/h6-7,10,12H,5,8-9,11H2,1-4H3,(H,20,21). The molecule has 0 spiro atoms. The molecule has 1 unspecified atom stereocenters. The first-order chi connectivity index (χ1) is 11.3. The number of carbonyl (C=O) groups is 2. The van der Waals surface area contributed by atoms with Crippen molar-refractivity contribution in [3.8, 4) is 11.5 Å². The van der Waals surface area contributed by atoms with Crippen LogP contribution in [0.2, 0.25) is 0 Å². The monoisotopic (exact) mass is 335 g/mol. The summed E-state index contributed by atoms with van der Waals surface area (Å²) in [6, 6.07) is 4.99. The summed E-state index contributed by atoms with van der Waals surface area (Å²) in [4.78, 5) is 25.1. The zero-order chi connectivity index (χ0) is 17.9. The van der Waals surface area contributed by atoms with Gasteiger partial charge >= 0.3 is 5.97 Å². The number of amides is 1. The topological polar surface area (TPSA) is 76.1 Å². The Bertz CT molecular complexity index is 624. The van der Waals surface area contributed by atoms with Crippen molar-refractivity contribution in [2.45, 2.75) is 39.7 Å². The number of benzene rings is 1. The van der Waals surface area contributed by atoms with Gasteiger partial charge in [-0.15, -0.1) is 0 Å². The third-order valence-corrected chi connectivity index (χ3v) is 4.79. The van der Waals surface area contributed by atoms with Crippen molar-refractivity contribution < 1.29 is 24.2 Å². The van der Waals surface area contributed by atoms with E-state index in [1.165, 1.54) is 0 Å². The molecule has 0 aromatic heterocycles. The Morgan fingerprint density at radius 1 is 1.29 bits per heavy atom. The molecular formula is C18H25NO5. The molecule has 0 heterocycles. The van der Waals surface area contributed by atoms with E-state index in [2.05, 4.69) is 13.8 Å². The highest BCUT2D eigenvalue weighted by Gasteiger charge is 2.45. The van der Waals surface area contributed by atoms with Crippen molar-refractivity contribution in [3.05, 3.63) is 23.8 Å². The molecule has 0 aliphatic heterocycles. The molecule has 1 atom stereocenters. The largest absolute Gasteiger partial charge is 0.490 e. The van der Waals surface area contributed by atoms with Crippen LogP contribution in [0.5, 0.6) is 11.5 Å². The lowest BCUT2D eigenvalue weighted by atomic mass is 9.99. The smallest absolute Gasteiger partial charge is 0.341 e. The number of nitrogens with zero attached hydrogens (tertiary/aromatic N) is 1. The van der Waals surface area contributed by atoms with Gasteiger partial charge in [-0.25, -0.2) is 4.79 Å². The highest BCUT2D eigenvalue weighted by atomic mass is 16.5. The first kappa shape index (κ1) is 18.1. The molecule has 0 bridgehead atoms. The Hall–Kier alpha value is -2.24. The van der Waals surface area contributed by atoms with Crippen LogP contribution in [-0.2, 0) is 4.79 Å². The Morgan fingerprint density at radius 3 is 2.50 bits per heavy atom. The minimum absolute atomic E-state index is 0.0821. The van der Waals surface area contributed by atoms with Crippen LogP contribution in [0.15, 0.2) is 18.2 Å². The van der Waals surface area contributed by atoms with Gasteiger partial charge in [-0.05, 0) is 50.3 Å². The number of hydrogen-bond acceptors (Lipinski definition) is 4. The number of carboxylic acid groups (broad SMARTS) is 1. The van der Waals surface area contributed by atoms with Crippen LogP contribution in [0.4, 0.5) is 0 Å². The van der Waals surface area contributed by atoms with E-state index in [4.69, 9.17) is 14.6 Å². The predicted molar refractivity (Wildman–Crippen MR) is 89.6 cm³/mol. The molecule has 24 heavy (non-hydrogen) atoms. The summed E-state index contributed by atoms with van der Waals surface area (Å²) in [6.45, 7) is 6.01. The van der Waals surface area contributed by atoms with Gasteiger partial charge in [0.1, 0.15) is 0 Å². The number of carboxylic acids is 1. The molecule has 2 rings (SSSR count). The Balaban J connectivity index is 2.18. The van der Waals surface area contributed by atoms with Crippen LogP contribution in [-0.4, -0.2) is 48.2 Å². The molecule has 6 heteroatoms. The Labute approximate surface area is 142 Å². The first-order valence-electron chi connectivity index (χ1n) is 8.17. The van der Waals surface area contributed by atoms with E-state index in [1.807, 2.05) is 14.0 Å². The van der Waals surface area contributed by atoms with E-state index in [0.29, 0.717) is 23.7 Å². The van der Waals surface area contributed by atoms with E-state index in [0.717, 1.165) is 12.8 Å². The second-order valence-corrected chi connectivity index (χ2v) is 6.52. The van der Waals surface area contributed by atoms with Crippen LogP contribution in [0.3, 0.4) is 0 Å². The fraction of sp³-hybridized carbons (Fsp3) is 0.556. The molecule has 0 radical (unpaired) electrons. The average Bonchev–Trinajstić information content (AvgIpc) is 3.30. The van der Waals surface area contributed by atoms with Crippen molar-refractivity contribution >= 4 is 11.9 Å². The second-order valence-electron chi connectivity index (χ2n) is 6.52. The normalized spacial score (nSPS) is 16.2. The van der Waals surface area contributed by atoms with E-state index < -0.39 is 12.6 Å². The number of hydrogen-bond donors (Lipinski definition) is 1. The maximum Gasteiger partial charge on any atom is 0.341 e. The zero-order valence-electron chi connectivity index (χ0n) is 14.7. The van der Waals surface area contributed by atoms with Crippen LogP contribution in [0.1, 0.15) is 44.0 Å². The maximum atomic E-state index is 12.7. The summed E-state index contributed by atoms with van der Waals surface area (Å²) in [5, 5.41) is 8.73. The van der Waals surface area contributed by atoms with Crippen molar-refractivity contribution in [1.82, 2.24) is 4.90 Å². The minimum atomic E-state index is -1.07. The van der Waals surface area contributed by atoms with E-state index in [9.17, 15) is 9.59 Å². The summed E-state index contributed by atoms with van der Waals surface area (Å²) in [7, 11) is 1.81. The number of rotatable bonds is 8. The first-order valence-corrected chi connectivity index (χ1v) is 8.17. The molecule has 1 aliphatic carbocycles. The number of ether oxygens (including phenoxy) is 2. The molecule has 1 fully saturated rings. The molecule has 1 saturated carbocycles. The van der Waals surface area contributed by atoms with Gasteiger partial charge in [-0.1, -0.05) is 6.92 Å². The number of aliphatic carboxylic acids is 1. The molecule has 1 amide bonds. The van der Waals surface area contributed by atoms with Gasteiger partial charge in [0.25, 0.3) is 5.91 Å². The van der Waals surface area contributed by atoms with Gasteiger partial charge in [0.05, 0.1) is 6.61 Å². The van der Waals surface area contributed by atoms with E-state index in [-0.39, 0.29) is 17.4 Å². The fourth-order valence-electron chi connectivity index (χ4n) is 2.63. The quantitative estimate of drug-likeness (QED) is 0.790. The SMILES string of the molecule is CCOc1cc(C(=O)N(C)C(C)C2(C)CC2)ccc1OCC(=O)O. The third-order valence-electron chi connectivity index (χ3n) is 4.79. The minimum Gasteiger partial charge on any atom is -0.490 e. The van der Waals surface area contributed by atoms with Gasteiger partial charge in [-0.2, -0.15) is 0 Å². The number of carbonyl (C=O) groups excluding carboxylic acids is 1. The Kier molecular flexibility index (Phi) is 5.36.